The summed E-state index contributed by atoms with van der Waals surface area (Å²) in [6.07, 6.45) is 3.07. The third kappa shape index (κ3) is 3.35. The number of carbonyl (C=O) groups is 3. The molecule has 4 heterocycles. The van der Waals surface area contributed by atoms with E-state index >= 15 is 0 Å². The van der Waals surface area contributed by atoms with Crippen molar-refractivity contribution in [3.05, 3.63) is 34.9 Å². The van der Waals surface area contributed by atoms with Gasteiger partial charge >= 0.3 is 0 Å². The lowest BCUT2D eigenvalue weighted by molar-refractivity contribution is -0.136. The molecule has 1 aromatic carbocycles. The lowest BCUT2D eigenvalue weighted by Gasteiger charge is -2.38. The van der Waals surface area contributed by atoms with E-state index in [1.54, 1.807) is 4.90 Å². The third-order valence-electron chi connectivity index (χ3n) is 6.60. The normalized spacial score (nSPS) is 27.9. The minimum absolute atomic E-state index is 0.0647. The zero-order valence-electron chi connectivity index (χ0n) is 16.3. The summed E-state index contributed by atoms with van der Waals surface area (Å²) in [6.45, 7) is 3.76. The smallest absolute Gasteiger partial charge is 0.255 e. The van der Waals surface area contributed by atoms with E-state index in [2.05, 4.69) is 16.0 Å². The van der Waals surface area contributed by atoms with E-state index in [0.29, 0.717) is 25.1 Å². The molecule has 1 spiro atoms. The van der Waals surface area contributed by atoms with Crippen LogP contribution in [0, 0.1) is 0 Å². The van der Waals surface area contributed by atoms with Crippen LogP contribution in [0.2, 0.25) is 0 Å². The Balaban J connectivity index is 1.22. The maximum Gasteiger partial charge on any atom is 0.255 e. The second-order valence-electron chi connectivity index (χ2n) is 8.54. The third-order valence-corrected chi connectivity index (χ3v) is 6.60. The van der Waals surface area contributed by atoms with Gasteiger partial charge < -0.3 is 20.3 Å². The summed E-state index contributed by atoms with van der Waals surface area (Å²) < 4.78 is 6.19. The monoisotopic (exact) mass is 398 g/mol. The maximum absolute atomic E-state index is 12.9. The molecule has 0 bridgehead atoms. The summed E-state index contributed by atoms with van der Waals surface area (Å²) in [5, 5.41) is 9.12. The van der Waals surface area contributed by atoms with Crippen LogP contribution in [0.25, 0.3) is 0 Å². The number of fused-ring (bicyclic) bond motifs is 1. The number of rotatable bonds is 5. The van der Waals surface area contributed by atoms with Crippen LogP contribution < -0.4 is 16.0 Å². The molecule has 8 nitrogen and oxygen atoms in total. The fourth-order valence-electron chi connectivity index (χ4n) is 4.89. The van der Waals surface area contributed by atoms with E-state index in [-0.39, 0.29) is 35.8 Å². The van der Waals surface area contributed by atoms with Gasteiger partial charge in [0.15, 0.2) is 0 Å². The standard InChI is InChI=1S/C21H26N4O4/c26-18-5-4-17(19(27)24-18)25-10-16-13(2-1-3-15(16)20(25)28)8-22-9-14-6-7-21(29-14)11-23-12-21/h1-3,14,17,22-23H,4-12H2,(H,24,26,27). The summed E-state index contributed by atoms with van der Waals surface area (Å²) in [5.74, 6) is -0.774. The SMILES string of the molecule is O=C1CCC(N2Cc3c(CNCC4CCC5(CNC5)O4)cccc3C2=O)C(=O)N1. The van der Waals surface area contributed by atoms with Crippen LogP contribution in [-0.2, 0) is 27.4 Å². The van der Waals surface area contributed by atoms with Crippen LogP contribution in [-0.4, -0.2) is 60.0 Å². The quantitative estimate of drug-likeness (QED) is 0.607. The van der Waals surface area contributed by atoms with E-state index in [9.17, 15) is 14.4 Å². The average Bonchev–Trinajstić information content (AvgIpc) is 3.25. The van der Waals surface area contributed by atoms with Crippen LogP contribution in [0.5, 0.6) is 0 Å². The molecule has 0 aliphatic carbocycles. The highest BCUT2D eigenvalue weighted by molar-refractivity contribution is 6.05. The van der Waals surface area contributed by atoms with Crippen molar-refractivity contribution in [3.63, 3.8) is 0 Å². The minimum atomic E-state index is -0.576. The van der Waals surface area contributed by atoms with Crippen molar-refractivity contribution in [2.24, 2.45) is 0 Å². The first kappa shape index (κ1) is 18.7. The number of carbonyl (C=O) groups excluding carboxylic acids is 3. The summed E-state index contributed by atoms with van der Waals surface area (Å²) in [6, 6.07) is 5.16. The molecule has 0 aromatic heterocycles. The Morgan fingerprint density at radius 1 is 1.21 bits per heavy atom. The van der Waals surface area contributed by atoms with Crippen LogP contribution >= 0.6 is 0 Å². The lowest BCUT2D eigenvalue weighted by atomic mass is 9.93. The number of hydrogen-bond donors (Lipinski definition) is 3. The zero-order valence-corrected chi connectivity index (χ0v) is 16.3. The second-order valence-corrected chi connectivity index (χ2v) is 8.54. The van der Waals surface area contributed by atoms with E-state index in [1.165, 1.54) is 0 Å². The van der Waals surface area contributed by atoms with Gasteiger partial charge in [-0.15, -0.1) is 0 Å². The van der Waals surface area contributed by atoms with Crippen molar-refractivity contribution in [2.75, 3.05) is 19.6 Å². The number of ether oxygens (including phenoxy) is 1. The Hall–Kier alpha value is -2.29. The average molecular weight is 398 g/mol. The number of imide groups is 1. The highest BCUT2D eigenvalue weighted by atomic mass is 16.5. The number of piperidine rings is 1. The van der Waals surface area contributed by atoms with Gasteiger partial charge in [0.1, 0.15) is 6.04 Å². The molecule has 2 unspecified atom stereocenters. The summed E-state index contributed by atoms with van der Waals surface area (Å²) in [5.41, 5.74) is 2.77. The molecule has 8 heteroatoms. The second kappa shape index (κ2) is 7.19. The predicted octanol–water partition coefficient (Wildman–Crippen LogP) is 0.0582. The fraction of sp³-hybridized carbons (Fsp3) is 0.571. The van der Waals surface area contributed by atoms with Crippen molar-refractivity contribution < 1.29 is 19.1 Å². The van der Waals surface area contributed by atoms with Gasteiger partial charge in [-0.3, -0.25) is 19.7 Å². The van der Waals surface area contributed by atoms with Crippen molar-refractivity contribution in [1.82, 2.24) is 20.9 Å². The van der Waals surface area contributed by atoms with E-state index in [4.69, 9.17) is 4.74 Å². The first-order chi connectivity index (χ1) is 14.0. The highest BCUT2D eigenvalue weighted by Gasteiger charge is 2.44. The molecule has 1 aromatic rings. The molecule has 4 aliphatic heterocycles. The van der Waals surface area contributed by atoms with Gasteiger partial charge in [0.25, 0.3) is 5.91 Å². The van der Waals surface area contributed by atoms with Crippen molar-refractivity contribution in [1.29, 1.82) is 0 Å². The van der Waals surface area contributed by atoms with Gasteiger partial charge in [0, 0.05) is 44.7 Å². The number of amides is 3. The first-order valence-electron chi connectivity index (χ1n) is 10.4. The molecule has 29 heavy (non-hydrogen) atoms. The number of benzene rings is 1. The molecule has 154 valence electrons. The van der Waals surface area contributed by atoms with Crippen molar-refractivity contribution >= 4 is 17.7 Å². The molecule has 0 radical (unpaired) electrons. The highest BCUT2D eigenvalue weighted by Crippen LogP contribution is 2.33. The topological polar surface area (TPSA) is 99.8 Å². The zero-order chi connectivity index (χ0) is 20.0. The van der Waals surface area contributed by atoms with Gasteiger partial charge in [-0.25, -0.2) is 0 Å². The Labute approximate surface area is 169 Å². The minimum Gasteiger partial charge on any atom is -0.368 e. The Bertz CT molecular complexity index is 866. The molecular formula is C21H26N4O4. The number of nitrogens with zero attached hydrogens (tertiary/aromatic N) is 1. The molecule has 5 rings (SSSR count). The summed E-state index contributed by atoms with van der Waals surface area (Å²) in [4.78, 5) is 38.1. The predicted molar refractivity (Wildman–Crippen MR) is 104 cm³/mol. The van der Waals surface area contributed by atoms with E-state index in [1.807, 2.05) is 18.2 Å². The molecule has 3 fully saturated rings. The molecule has 3 amide bonds. The summed E-state index contributed by atoms with van der Waals surface area (Å²) >= 11 is 0. The first-order valence-corrected chi connectivity index (χ1v) is 10.4. The van der Waals surface area contributed by atoms with Crippen LogP contribution in [0.3, 0.4) is 0 Å². The van der Waals surface area contributed by atoms with Gasteiger partial charge in [0.2, 0.25) is 11.8 Å². The van der Waals surface area contributed by atoms with Gasteiger partial charge in [-0.05, 0) is 36.5 Å². The maximum atomic E-state index is 12.9. The van der Waals surface area contributed by atoms with Crippen molar-refractivity contribution in [2.45, 2.75) is 56.5 Å². The lowest BCUT2D eigenvalue weighted by Crippen LogP contribution is -2.59. The largest absolute Gasteiger partial charge is 0.368 e. The number of hydrogen-bond acceptors (Lipinski definition) is 6. The molecule has 2 atom stereocenters. The Morgan fingerprint density at radius 2 is 2.07 bits per heavy atom. The van der Waals surface area contributed by atoms with Crippen LogP contribution in [0.4, 0.5) is 0 Å². The molecule has 0 saturated carbocycles. The Morgan fingerprint density at radius 3 is 2.79 bits per heavy atom. The van der Waals surface area contributed by atoms with E-state index in [0.717, 1.165) is 43.6 Å². The fourth-order valence-corrected chi connectivity index (χ4v) is 4.89. The molecule has 3 saturated heterocycles. The molecule has 4 aliphatic rings. The van der Waals surface area contributed by atoms with Gasteiger partial charge in [0.05, 0.1) is 11.7 Å². The molecular weight excluding hydrogens is 372 g/mol. The van der Waals surface area contributed by atoms with Gasteiger partial charge in [-0.2, -0.15) is 0 Å². The number of nitrogens with one attached hydrogen (secondary N) is 3. The van der Waals surface area contributed by atoms with Crippen molar-refractivity contribution in [3.8, 4) is 0 Å². The summed E-state index contributed by atoms with van der Waals surface area (Å²) in [7, 11) is 0. The van der Waals surface area contributed by atoms with Crippen LogP contribution in [0.1, 0.15) is 47.2 Å². The van der Waals surface area contributed by atoms with Gasteiger partial charge in [-0.1, -0.05) is 12.1 Å². The Kier molecular flexibility index (Phi) is 4.64. The van der Waals surface area contributed by atoms with E-state index < -0.39 is 6.04 Å². The van der Waals surface area contributed by atoms with Crippen LogP contribution in [0.15, 0.2) is 18.2 Å². The molecule has 3 N–H and O–H groups in total.